The van der Waals surface area contributed by atoms with Gasteiger partial charge in [0.15, 0.2) is 0 Å². The Labute approximate surface area is 177 Å². The Hall–Kier alpha value is -1.84. The summed E-state index contributed by atoms with van der Waals surface area (Å²) >= 11 is 0. The first kappa shape index (κ1) is 25.2. The lowest BCUT2D eigenvalue weighted by Gasteiger charge is -2.22. The number of hydrogen-bond acceptors (Lipinski definition) is 3. The van der Waals surface area contributed by atoms with Crippen molar-refractivity contribution in [2.24, 2.45) is 5.41 Å². The van der Waals surface area contributed by atoms with Crippen LogP contribution in [-0.4, -0.2) is 23.1 Å². The zero-order valence-corrected chi connectivity index (χ0v) is 19.1. The third-order valence-corrected chi connectivity index (χ3v) is 5.65. The Morgan fingerprint density at radius 1 is 0.897 bits per heavy atom. The van der Waals surface area contributed by atoms with Crippen LogP contribution < -0.4 is 0 Å². The van der Waals surface area contributed by atoms with Crippen LogP contribution in [0.25, 0.3) is 0 Å². The molecule has 164 valence electrons. The van der Waals surface area contributed by atoms with Gasteiger partial charge in [-0.05, 0) is 90.7 Å². The van der Waals surface area contributed by atoms with E-state index >= 15 is 0 Å². The summed E-state index contributed by atoms with van der Waals surface area (Å²) in [4.78, 5) is 21.7. The van der Waals surface area contributed by atoms with Crippen LogP contribution in [0.2, 0.25) is 0 Å². The van der Waals surface area contributed by atoms with Gasteiger partial charge in [0, 0.05) is 0 Å². The molecule has 1 rings (SSSR count). The van der Waals surface area contributed by atoms with Crippen molar-refractivity contribution in [2.45, 2.75) is 104 Å². The van der Waals surface area contributed by atoms with Gasteiger partial charge in [0.25, 0.3) is 6.47 Å². The number of benzene rings is 1. The minimum absolute atomic E-state index is 0.363. The third-order valence-electron chi connectivity index (χ3n) is 5.65. The van der Waals surface area contributed by atoms with Crippen molar-refractivity contribution in [3.8, 4) is 0 Å². The highest BCUT2D eigenvalue weighted by atomic mass is 16.5. The Morgan fingerprint density at radius 3 is 1.90 bits per heavy atom. The molecule has 4 heteroatoms. The summed E-state index contributed by atoms with van der Waals surface area (Å²) in [5.41, 5.74) is 3.11. The Morgan fingerprint density at radius 2 is 1.41 bits per heavy atom. The predicted octanol–water partition coefficient (Wildman–Crippen LogP) is 6.26. The van der Waals surface area contributed by atoms with E-state index in [1.54, 1.807) is 13.8 Å². The largest absolute Gasteiger partial charge is 0.481 e. The molecule has 0 unspecified atom stereocenters. The average molecular weight is 405 g/mol. The molecule has 0 amide bonds. The SMILES string of the molecule is Cc1cc(CCCCCC(C)(C)OC=O)cc(CCCCCC(C)(C)C(=O)O)c1. The summed E-state index contributed by atoms with van der Waals surface area (Å²) in [5.74, 6) is -0.708. The number of carboxylic acids is 1. The van der Waals surface area contributed by atoms with Crippen molar-refractivity contribution >= 4 is 12.4 Å². The highest BCUT2D eigenvalue weighted by Crippen LogP contribution is 2.24. The second-order valence-electron chi connectivity index (χ2n) is 9.61. The van der Waals surface area contributed by atoms with E-state index in [4.69, 9.17) is 4.74 Å². The van der Waals surface area contributed by atoms with Gasteiger partial charge in [-0.3, -0.25) is 9.59 Å². The van der Waals surface area contributed by atoms with Gasteiger partial charge < -0.3 is 9.84 Å². The number of ether oxygens (including phenoxy) is 1. The molecular formula is C25H40O4. The molecule has 0 bridgehead atoms. The van der Waals surface area contributed by atoms with Crippen molar-refractivity contribution in [3.63, 3.8) is 0 Å². The molecule has 0 spiro atoms. The molecule has 0 atom stereocenters. The first-order chi connectivity index (χ1) is 13.6. The van der Waals surface area contributed by atoms with E-state index in [9.17, 15) is 14.7 Å². The quantitative estimate of drug-likeness (QED) is 0.277. The van der Waals surface area contributed by atoms with E-state index in [2.05, 4.69) is 25.1 Å². The third kappa shape index (κ3) is 10.5. The summed E-state index contributed by atoms with van der Waals surface area (Å²) < 4.78 is 5.10. The van der Waals surface area contributed by atoms with Gasteiger partial charge in [-0.15, -0.1) is 0 Å². The number of carbonyl (C=O) groups is 2. The topological polar surface area (TPSA) is 63.6 Å². The standard InChI is InChI=1S/C25H40O4/c1-20-16-21(12-8-6-10-14-24(2,3)23(27)28)18-22(17-20)13-9-7-11-15-25(4,5)29-19-26/h16-19H,6-15H2,1-5H3,(H,27,28). The van der Waals surface area contributed by atoms with E-state index in [0.29, 0.717) is 6.47 Å². The van der Waals surface area contributed by atoms with Crippen molar-refractivity contribution < 1.29 is 19.4 Å². The van der Waals surface area contributed by atoms with Gasteiger partial charge in [-0.2, -0.15) is 0 Å². The van der Waals surface area contributed by atoms with Gasteiger partial charge in [0.1, 0.15) is 5.60 Å². The van der Waals surface area contributed by atoms with E-state index in [-0.39, 0.29) is 5.60 Å². The molecule has 0 aliphatic heterocycles. The molecule has 0 saturated heterocycles. The fraction of sp³-hybridized carbons (Fsp3) is 0.680. The average Bonchev–Trinajstić information content (AvgIpc) is 2.60. The second kappa shape index (κ2) is 12.0. The molecule has 1 aromatic carbocycles. The maximum absolute atomic E-state index is 11.2. The van der Waals surface area contributed by atoms with Crippen molar-refractivity contribution in [2.75, 3.05) is 0 Å². The van der Waals surface area contributed by atoms with Crippen LogP contribution in [0.3, 0.4) is 0 Å². The van der Waals surface area contributed by atoms with Gasteiger partial charge in [0.05, 0.1) is 5.41 Å². The summed E-state index contributed by atoms with van der Waals surface area (Å²) in [6.07, 6.45) is 10.2. The van der Waals surface area contributed by atoms with Crippen LogP contribution in [-0.2, 0) is 27.2 Å². The number of hydrogen-bond donors (Lipinski definition) is 1. The highest BCUT2D eigenvalue weighted by molar-refractivity contribution is 5.73. The molecule has 1 aromatic rings. The fourth-order valence-corrected chi connectivity index (χ4v) is 3.66. The lowest BCUT2D eigenvalue weighted by atomic mass is 9.87. The van der Waals surface area contributed by atoms with Gasteiger partial charge >= 0.3 is 5.97 Å². The Bertz CT molecular complexity index is 646. The minimum atomic E-state index is -0.708. The van der Waals surface area contributed by atoms with Crippen molar-refractivity contribution in [3.05, 3.63) is 34.9 Å². The summed E-state index contributed by atoms with van der Waals surface area (Å²) in [6, 6.07) is 6.87. The number of aliphatic carboxylic acids is 1. The normalized spacial score (nSPS) is 12.0. The minimum Gasteiger partial charge on any atom is -0.481 e. The molecule has 0 aliphatic rings. The Kier molecular flexibility index (Phi) is 10.4. The first-order valence-electron chi connectivity index (χ1n) is 11.0. The molecule has 0 aromatic heterocycles. The van der Waals surface area contributed by atoms with Gasteiger partial charge in [-0.1, -0.05) is 43.0 Å². The van der Waals surface area contributed by atoms with Crippen LogP contribution in [0.1, 0.15) is 95.8 Å². The maximum Gasteiger partial charge on any atom is 0.309 e. The fourth-order valence-electron chi connectivity index (χ4n) is 3.66. The highest BCUT2D eigenvalue weighted by Gasteiger charge is 2.25. The molecule has 29 heavy (non-hydrogen) atoms. The molecule has 0 heterocycles. The van der Waals surface area contributed by atoms with E-state index in [1.165, 1.54) is 16.7 Å². The summed E-state index contributed by atoms with van der Waals surface area (Å²) in [5, 5.41) is 9.18. The van der Waals surface area contributed by atoms with Crippen LogP contribution in [0.15, 0.2) is 18.2 Å². The molecule has 1 N–H and O–H groups in total. The molecule has 4 nitrogen and oxygen atoms in total. The van der Waals surface area contributed by atoms with Crippen LogP contribution in [0.5, 0.6) is 0 Å². The van der Waals surface area contributed by atoms with Crippen LogP contribution in [0.4, 0.5) is 0 Å². The molecule has 0 aliphatic carbocycles. The number of unbranched alkanes of at least 4 members (excludes halogenated alkanes) is 4. The predicted molar refractivity (Wildman–Crippen MR) is 118 cm³/mol. The van der Waals surface area contributed by atoms with Crippen molar-refractivity contribution in [1.82, 2.24) is 0 Å². The first-order valence-corrected chi connectivity index (χ1v) is 11.0. The molecule has 0 saturated carbocycles. The monoisotopic (exact) mass is 404 g/mol. The number of rotatable bonds is 15. The summed E-state index contributed by atoms with van der Waals surface area (Å²) in [6.45, 7) is 10.2. The maximum atomic E-state index is 11.2. The lowest BCUT2D eigenvalue weighted by Crippen LogP contribution is -2.23. The molecular weight excluding hydrogens is 364 g/mol. The zero-order chi connectivity index (χ0) is 21.9. The van der Waals surface area contributed by atoms with E-state index in [1.807, 2.05) is 13.8 Å². The van der Waals surface area contributed by atoms with Crippen LogP contribution >= 0.6 is 0 Å². The van der Waals surface area contributed by atoms with Gasteiger partial charge in [0.2, 0.25) is 0 Å². The smallest absolute Gasteiger partial charge is 0.309 e. The zero-order valence-electron chi connectivity index (χ0n) is 19.1. The molecule has 0 fully saturated rings. The van der Waals surface area contributed by atoms with E-state index < -0.39 is 11.4 Å². The van der Waals surface area contributed by atoms with Gasteiger partial charge in [-0.25, -0.2) is 0 Å². The Balaban J connectivity index is 2.35. The second-order valence-corrected chi connectivity index (χ2v) is 9.61. The summed E-state index contributed by atoms with van der Waals surface area (Å²) in [7, 11) is 0. The number of carboxylic acid groups (broad SMARTS) is 1. The van der Waals surface area contributed by atoms with Crippen LogP contribution in [0, 0.1) is 12.3 Å². The van der Waals surface area contributed by atoms with E-state index in [0.717, 1.165) is 64.2 Å². The number of aryl methyl sites for hydroxylation is 3. The molecule has 0 radical (unpaired) electrons. The lowest BCUT2D eigenvalue weighted by molar-refractivity contribution is -0.147. The van der Waals surface area contributed by atoms with Crippen molar-refractivity contribution in [1.29, 1.82) is 0 Å². The number of carbonyl (C=O) groups excluding carboxylic acids is 1.